The molecule has 2 aliphatic rings. The Morgan fingerprint density at radius 3 is 2.71 bits per heavy atom. The van der Waals surface area contributed by atoms with E-state index in [4.69, 9.17) is 25.8 Å². The molecule has 2 saturated heterocycles. The van der Waals surface area contributed by atoms with Crippen LogP contribution in [0.4, 0.5) is 5.69 Å². The number of imidazole rings is 1. The highest BCUT2D eigenvalue weighted by atomic mass is 35.5. The van der Waals surface area contributed by atoms with Gasteiger partial charge in [-0.25, -0.2) is 4.98 Å². The number of rotatable bonds is 7. The van der Waals surface area contributed by atoms with E-state index in [9.17, 15) is 0 Å². The summed E-state index contributed by atoms with van der Waals surface area (Å²) in [4.78, 5) is 6.54. The number of ether oxygens (including phenoxy) is 3. The lowest BCUT2D eigenvalue weighted by molar-refractivity contribution is -0.189. The summed E-state index contributed by atoms with van der Waals surface area (Å²) in [6.07, 6.45) is 7.73. The van der Waals surface area contributed by atoms with Gasteiger partial charge in [0.2, 0.25) is 5.79 Å². The number of anilines is 1. The second kappa shape index (κ2) is 8.91. The monoisotopic (exact) mass is 439 g/mol. The van der Waals surface area contributed by atoms with Crippen molar-refractivity contribution in [1.82, 2.24) is 9.55 Å². The van der Waals surface area contributed by atoms with Crippen LogP contribution in [0.5, 0.6) is 5.75 Å². The molecule has 0 bridgehead atoms. The highest BCUT2D eigenvalue weighted by molar-refractivity contribution is 6.30. The molecule has 0 aliphatic carbocycles. The van der Waals surface area contributed by atoms with Gasteiger partial charge in [-0.2, -0.15) is 0 Å². The summed E-state index contributed by atoms with van der Waals surface area (Å²) in [6, 6.07) is 15.9. The van der Waals surface area contributed by atoms with Crippen molar-refractivity contribution >= 4 is 17.3 Å². The van der Waals surface area contributed by atoms with Crippen molar-refractivity contribution in [3.05, 3.63) is 77.8 Å². The van der Waals surface area contributed by atoms with Crippen LogP contribution in [0, 0.1) is 0 Å². The summed E-state index contributed by atoms with van der Waals surface area (Å²) < 4.78 is 20.6. The highest BCUT2D eigenvalue weighted by Crippen LogP contribution is 2.37. The molecular formula is C24H26ClN3O3. The molecule has 3 aromatic rings. The molecule has 5 rings (SSSR count). The molecular weight excluding hydrogens is 414 g/mol. The van der Waals surface area contributed by atoms with Gasteiger partial charge in [0.1, 0.15) is 18.5 Å². The average Bonchev–Trinajstić information content (AvgIpc) is 3.56. The van der Waals surface area contributed by atoms with Crippen LogP contribution in [0.3, 0.4) is 0 Å². The van der Waals surface area contributed by atoms with Gasteiger partial charge < -0.3 is 23.7 Å². The van der Waals surface area contributed by atoms with Gasteiger partial charge in [-0.05, 0) is 49.2 Å². The van der Waals surface area contributed by atoms with Crippen molar-refractivity contribution in [3.8, 4) is 5.75 Å². The fraction of sp³-hybridized carbons (Fsp3) is 0.375. The predicted molar refractivity (Wildman–Crippen MR) is 120 cm³/mol. The maximum Gasteiger partial charge on any atom is 0.214 e. The van der Waals surface area contributed by atoms with Crippen molar-refractivity contribution < 1.29 is 14.2 Å². The fourth-order valence-electron chi connectivity index (χ4n) is 4.24. The SMILES string of the molecule is Clc1cccc(C2(Cn3ccnc3)OCC(COc3ccc(N4CCCC4)cc3)O2)c1. The first kappa shape index (κ1) is 20.4. The third-order valence-electron chi connectivity index (χ3n) is 5.82. The molecule has 6 nitrogen and oxygen atoms in total. The number of nitrogens with zero attached hydrogens (tertiary/aromatic N) is 3. The third kappa shape index (κ3) is 4.56. The molecule has 0 saturated carbocycles. The van der Waals surface area contributed by atoms with Gasteiger partial charge in [-0.15, -0.1) is 0 Å². The van der Waals surface area contributed by atoms with E-state index >= 15 is 0 Å². The first-order chi connectivity index (χ1) is 15.2. The van der Waals surface area contributed by atoms with Crippen molar-refractivity contribution in [2.24, 2.45) is 0 Å². The van der Waals surface area contributed by atoms with E-state index in [-0.39, 0.29) is 6.10 Å². The first-order valence-corrected chi connectivity index (χ1v) is 11.1. The fourth-order valence-corrected chi connectivity index (χ4v) is 4.43. The molecule has 162 valence electrons. The van der Waals surface area contributed by atoms with Gasteiger partial charge in [-0.3, -0.25) is 0 Å². The first-order valence-electron chi connectivity index (χ1n) is 10.7. The summed E-state index contributed by atoms with van der Waals surface area (Å²) in [5.74, 6) is -0.0967. The number of halogens is 1. The van der Waals surface area contributed by atoms with Crippen LogP contribution in [0.25, 0.3) is 0 Å². The van der Waals surface area contributed by atoms with Crippen LogP contribution in [0.2, 0.25) is 5.02 Å². The molecule has 2 fully saturated rings. The van der Waals surface area contributed by atoms with Crippen LogP contribution >= 0.6 is 11.6 Å². The Bertz CT molecular complexity index is 990. The molecule has 2 atom stereocenters. The molecule has 2 unspecified atom stereocenters. The van der Waals surface area contributed by atoms with Gasteiger partial charge in [0.05, 0.1) is 19.5 Å². The zero-order valence-corrected chi connectivity index (χ0v) is 18.1. The highest BCUT2D eigenvalue weighted by Gasteiger charge is 2.44. The molecule has 0 N–H and O–H groups in total. The van der Waals surface area contributed by atoms with Crippen molar-refractivity contribution in [1.29, 1.82) is 0 Å². The topological polar surface area (TPSA) is 48.8 Å². The minimum Gasteiger partial charge on any atom is -0.491 e. The molecule has 31 heavy (non-hydrogen) atoms. The Morgan fingerprint density at radius 1 is 1.13 bits per heavy atom. The lowest BCUT2D eigenvalue weighted by Gasteiger charge is -2.29. The molecule has 3 heterocycles. The Balaban J connectivity index is 1.26. The second-order valence-corrected chi connectivity index (χ2v) is 8.48. The van der Waals surface area contributed by atoms with Gasteiger partial charge in [0.25, 0.3) is 0 Å². The predicted octanol–water partition coefficient (Wildman–Crippen LogP) is 4.48. The van der Waals surface area contributed by atoms with E-state index in [1.807, 2.05) is 47.2 Å². The van der Waals surface area contributed by atoms with Crippen molar-refractivity contribution in [2.75, 3.05) is 31.2 Å². The third-order valence-corrected chi connectivity index (χ3v) is 6.05. The van der Waals surface area contributed by atoms with Gasteiger partial charge in [0, 0.05) is 41.8 Å². The van der Waals surface area contributed by atoms with E-state index in [2.05, 4.69) is 22.0 Å². The minimum atomic E-state index is -0.931. The van der Waals surface area contributed by atoms with Crippen LogP contribution in [-0.2, 0) is 21.8 Å². The molecule has 0 spiro atoms. The summed E-state index contributed by atoms with van der Waals surface area (Å²) in [7, 11) is 0. The number of hydrogen-bond donors (Lipinski definition) is 0. The number of aromatic nitrogens is 2. The zero-order chi connectivity index (χ0) is 21.1. The van der Waals surface area contributed by atoms with E-state index in [0.29, 0.717) is 24.8 Å². The normalized spacial score (nSPS) is 23.4. The maximum absolute atomic E-state index is 6.43. The van der Waals surface area contributed by atoms with Crippen LogP contribution in [0.15, 0.2) is 67.3 Å². The molecule has 0 amide bonds. The molecule has 2 aliphatic heterocycles. The van der Waals surface area contributed by atoms with Crippen LogP contribution in [0.1, 0.15) is 18.4 Å². The molecule has 7 heteroatoms. The Kier molecular flexibility index (Phi) is 5.85. The standard InChI is InChI=1S/C24H26ClN3O3/c25-20-5-3-4-19(14-20)24(17-27-13-10-26-18-27)30-16-23(31-24)15-29-22-8-6-21(7-9-22)28-11-1-2-12-28/h3-10,13-14,18,23H,1-2,11-12,15-17H2. The Hall–Kier alpha value is -2.54. The lowest BCUT2D eigenvalue weighted by Crippen LogP contribution is -2.34. The smallest absolute Gasteiger partial charge is 0.214 e. The van der Waals surface area contributed by atoms with Crippen LogP contribution < -0.4 is 9.64 Å². The number of hydrogen-bond acceptors (Lipinski definition) is 5. The average molecular weight is 440 g/mol. The van der Waals surface area contributed by atoms with Crippen molar-refractivity contribution in [3.63, 3.8) is 0 Å². The lowest BCUT2D eigenvalue weighted by atomic mass is 10.1. The summed E-state index contributed by atoms with van der Waals surface area (Å²) >= 11 is 6.25. The van der Waals surface area contributed by atoms with E-state index < -0.39 is 5.79 Å². The molecule has 0 radical (unpaired) electrons. The quantitative estimate of drug-likeness (QED) is 0.543. The summed E-state index contributed by atoms with van der Waals surface area (Å²) in [6.45, 7) is 3.60. The Labute approximate surface area is 187 Å². The second-order valence-electron chi connectivity index (χ2n) is 8.05. The van der Waals surface area contributed by atoms with E-state index in [1.165, 1.54) is 18.5 Å². The number of benzene rings is 2. The van der Waals surface area contributed by atoms with Crippen LogP contribution in [-0.4, -0.2) is 42.0 Å². The van der Waals surface area contributed by atoms with E-state index in [1.54, 1.807) is 12.5 Å². The van der Waals surface area contributed by atoms with E-state index in [0.717, 1.165) is 24.4 Å². The van der Waals surface area contributed by atoms with Gasteiger partial charge in [-0.1, -0.05) is 23.7 Å². The Morgan fingerprint density at radius 2 is 1.97 bits per heavy atom. The maximum atomic E-state index is 6.43. The van der Waals surface area contributed by atoms with Crippen molar-refractivity contribution in [2.45, 2.75) is 31.3 Å². The molecule has 2 aromatic carbocycles. The largest absolute Gasteiger partial charge is 0.491 e. The molecule has 1 aromatic heterocycles. The minimum absolute atomic E-state index is 0.194. The zero-order valence-electron chi connectivity index (χ0n) is 17.3. The summed E-state index contributed by atoms with van der Waals surface area (Å²) in [5, 5.41) is 0.646. The van der Waals surface area contributed by atoms with Gasteiger partial charge in [0.15, 0.2) is 0 Å². The van der Waals surface area contributed by atoms with Gasteiger partial charge >= 0.3 is 0 Å². The summed E-state index contributed by atoms with van der Waals surface area (Å²) in [5.41, 5.74) is 2.14.